The third-order valence-corrected chi connectivity index (χ3v) is 4.45. The van der Waals surface area contributed by atoms with Crippen molar-refractivity contribution in [1.29, 1.82) is 0 Å². The van der Waals surface area contributed by atoms with Gasteiger partial charge in [0.15, 0.2) is 0 Å². The molecule has 1 aromatic rings. The van der Waals surface area contributed by atoms with Gasteiger partial charge in [-0.2, -0.15) is 0 Å². The summed E-state index contributed by atoms with van der Waals surface area (Å²) in [6.07, 6.45) is 0. The number of hydrogen-bond donors (Lipinski definition) is 1. The number of aromatic nitrogens is 1. The summed E-state index contributed by atoms with van der Waals surface area (Å²) in [5.41, 5.74) is 1.02. The van der Waals surface area contributed by atoms with Gasteiger partial charge in [0.1, 0.15) is 10.6 Å². The number of ether oxygens (including phenoxy) is 1. The van der Waals surface area contributed by atoms with Crippen LogP contribution in [0.2, 0.25) is 0 Å². The van der Waals surface area contributed by atoms with E-state index < -0.39 is 0 Å². The minimum atomic E-state index is -0.303. The first kappa shape index (κ1) is 17.6. The molecule has 0 aliphatic rings. The summed E-state index contributed by atoms with van der Waals surface area (Å²) in [6.45, 7) is 18.8. The van der Waals surface area contributed by atoms with E-state index in [4.69, 9.17) is 9.72 Å². The highest BCUT2D eigenvalue weighted by Gasteiger charge is 2.27. The first-order valence-corrected chi connectivity index (χ1v) is 8.27. The highest BCUT2D eigenvalue weighted by Crippen LogP contribution is 2.33. The lowest BCUT2D eigenvalue weighted by Crippen LogP contribution is -2.35. The summed E-state index contributed by atoms with van der Waals surface area (Å²) >= 11 is 1.78. The molecule has 0 saturated heterocycles. The van der Waals surface area contributed by atoms with Crippen molar-refractivity contribution in [3.8, 4) is 0 Å². The summed E-state index contributed by atoms with van der Waals surface area (Å²) in [6, 6.07) is 0. The van der Waals surface area contributed by atoms with Gasteiger partial charge in [-0.1, -0.05) is 13.8 Å². The maximum absolute atomic E-state index is 5.84. The Bertz CT molecular complexity index is 430. The van der Waals surface area contributed by atoms with Gasteiger partial charge in [0.05, 0.1) is 5.69 Å². The first-order chi connectivity index (χ1) is 9.07. The van der Waals surface area contributed by atoms with E-state index in [2.05, 4.69) is 53.8 Å². The second-order valence-corrected chi connectivity index (χ2v) is 8.11. The Morgan fingerprint density at radius 3 is 2.25 bits per heavy atom. The topological polar surface area (TPSA) is 34.1 Å². The lowest BCUT2D eigenvalue weighted by Gasteiger charge is -2.21. The summed E-state index contributed by atoms with van der Waals surface area (Å²) in [7, 11) is 0. The summed E-state index contributed by atoms with van der Waals surface area (Å²) in [5.74, 6) is 0.439. The molecule has 1 N–H and O–H groups in total. The number of nitrogens with zero attached hydrogens (tertiary/aromatic N) is 1. The van der Waals surface area contributed by atoms with Crippen molar-refractivity contribution >= 4 is 11.3 Å². The summed E-state index contributed by atoms with van der Waals surface area (Å²) in [4.78, 5) is 6.19. The van der Waals surface area contributed by atoms with Crippen LogP contribution in [0, 0.1) is 0 Å². The molecule has 1 heterocycles. The molecule has 0 spiro atoms. The fourth-order valence-electron chi connectivity index (χ4n) is 1.97. The van der Waals surface area contributed by atoms with E-state index in [9.17, 15) is 0 Å². The Hall–Kier alpha value is -0.450. The Balaban J connectivity index is 3.02. The zero-order valence-electron chi connectivity index (χ0n) is 14.3. The SMILES string of the molecule is CCOC(C)(C)c1nc(C(C)C)c(CNC(C)(C)C)s1. The van der Waals surface area contributed by atoms with Crippen LogP contribution in [0.15, 0.2) is 0 Å². The summed E-state index contributed by atoms with van der Waals surface area (Å²) in [5, 5.41) is 4.64. The van der Waals surface area contributed by atoms with E-state index in [1.54, 1.807) is 11.3 Å². The van der Waals surface area contributed by atoms with Gasteiger partial charge in [-0.05, 0) is 47.5 Å². The molecule has 0 aliphatic carbocycles. The molecule has 0 amide bonds. The number of rotatable bonds is 6. The largest absolute Gasteiger partial charge is 0.369 e. The molecular formula is C16H30N2OS. The van der Waals surface area contributed by atoms with Crippen LogP contribution in [0.25, 0.3) is 0 Å². The van der Waals surface area contributed by atoms with E-state index in [1.165, 1.54) is 10.6 Å². The molecule has 1 aromatic heterocycles. The van der Waals surface area contributed by atoms with Crippen molar-refractivity contribution < 1.29 is 4.74 Å². The lowest BCUT2D eigenvalue weighted by atomic mass is 10.1. The molecule has 0 aromatic carbocycles. The van der Waals surface area contributed by atoms with Crippen LogP contribution in [-0.4, -0.2) is 17.1 Å². The molecule has 0 atom stereocenters. The standard InChI is InChI=1S/C16H30N2OS/c1-9-19-16(7,8)14-18-13(11(2)3)12(20-14)10-17-15(4,5)6/h11,17H,9-10H2,1-8H3. The molecule has 0 radical (unpaired) electrons. The average molecular weight is 298 g/mol. The van der Waals surface area contributed by atoms with Crippen molar-refractivity contribution in [3.63, 3.8) is 0 Å². The molecule has 0 aliphatic heterocycles. The molecule has 0 bridgehead atoms. The molecular weight excluding hydrogens is 268 g/mol. The molecule has 20 heavy (non-hydrogen) atoms. The molecule has 1 rings (SSSR count). The minimum Gasteiger partial charge on any atom is -0.369 e. The number of thiazole rings is 1. The van der Waals surface area contributed by atoms with Gasteiger partial charge in [0.25, 0.3) is 0 Å². The van der Waals surface area contributed by atoms with E-state index >= 15 is 0 Å². The summed E-state index contributed by atoms with van der Waals surface area (Å²) < 4.78 is 5.84. The highest BCUT2D eigenvalue weighted by molar-refractivity contribution is 7.11. The van der Waals surface area contributed by atoms with Crippen LogP contribution in [-0.2, 0) is 16.9 Å². The van der Waals surface area contributed by atoms with Gasteiger partial charge < -0.3 is 10.1 Å². The Labute approximate surface area is 128 Å². The fraction of sp³-hybridized carbons (Fsp3) is 0.812. The second kappa shape index (κ2) is 6.54. The predicted octanol–water partition coefficient (Wildman–Crippen LogP) is 4.43. The molecule has 3 nitrogen and oxygen atoms in total. The first-order valence-electron chi connectivity index (χ1n) is 7.46. The molecule has 116 valence electrons. The van der Waals surface area contributed by atoms with E-state index in [0.717, 1.165) is 11.6 Å². The van der Waals surface area contributed by atoms with Gasteiger partial charge in [-0.25, -0.2) is 4.98 Å². The van der Waals surface area contributed by atoms with Crippen LogP contribution in [0.4, 0.5) is 0 Å². The number of hydrogen-bond acceptors (Lipinski definition) is 4. The quantitative estimate of drug-likeness (QED) is 0.844. The molecule has 0 fully saturated rings. The van der Waals surface area contributed by atoms with Gasteiger partial charge in [0.2, 0.25) is 0 Å². The lowest BCUT2D eigenvalue weighted by molar-refractivity contribution is -0.0142. The Morgan fingerprint density at radius 1 is 1.20 bits per heavy atom. The van der Waals surface area contributed by atoms with Crippen LogP contribution < -0.4 is 5.32 Å². The van der Waals surface area contributed by atoms with Gasteiger partial charge in [0, 0.05) is 23.6 Å². The fourth-order valence-corrected chi connectivity index (χ4v) is 3.18. The zero-order chi connectivity index (χ0) is 15.6. The number of nitrogens with one attached hydrogen (secondary N) is 1. The van der Waals surface area contributed by atoms with E-state index in [-0.39, 0.29) is 11.1 Å². The highest BCUT2D eigenvalue weighted by atomic mass is 32.1. The van der Waals surface area contributed by atoms with E-state index in [0.29, 0.717) is 12.5 Å². The van der Waals surface area contributed by atoms with Crippen molar-refractivity contribution in [2.24, 2.45) is 0 Å². The van der Waals surface area contributed by atoms with Gasteiger partial charge in [-0.15, -0.1) is 11.3 Å². The maximum Gasteiger partial charge on any atom is 0.125 e. The van der Waals surface area contributed by atoms with E-state index in [1.807, 2.05) is 6.92 Å². The van der Waals surface area contributed by atoms with Crippen molar-refractivity contribution in [3.05, 3.63) is 15.6 Å². The van der Waals surface area contributed by atoms with Crippen molar-refractivity contribution in [2.75, 3.05) is 6.61 Å². The van der Waals surface area contributed by atoms with Gasteiger partial charge >= 0.3 is 0 Å². The van der Waals surface area contributed by atoms with Crippen LogP contribution in [0.3, 0.4) is 0 Å². The third-order valence-electron chi connectivity index (χ3n) is 3.07. The smallest absolute Gasteiger partial charge is 0.125 e. The third kappa shape index (κ3) is 4.83. The Kier molecular flexibility index (Phi) is 5.76. The molecule has 4 heteroatoms. The Morgan fingerprint density at radius 2 is 1.80 bits per heavy atom. The van der Waals surface area contributed by atoms with Crippen LogP contribution in [0.5, 0.6) is 0 Å². The maximum atomic E-state index is 5.84. The molecule has 0 unspecified atom stereocenters. The van der Waals surface area contributed by atoms with Crippen LogP contribution >= 0.6 is 11.3 Å². The molecule has 0 saturated carbocycles. The minimum absolute atomic E-state index is 0.119. The van der Waals surface area contributed by atoms with Crippen LogP contribution in [0.1, 0.15) is 76.9 Å². The predicted molar refractivity (Wildman–Crippen MR) is 87.4 cm³/mol. The van der Waals surface area contributed by atoms with Crippen molar-refractivity contribution in [1.82, 2.24) is 10.3 Å². The normalized spacial score (nSPS) is 13.2. The average Bonchev–Trinajstić information content (AvgIpc) is 2.70. The van der Waals surface area contributed by atoms with Gasteiger partial charge in [-0.3, -0.25) is 0 Å². The van der Waals surface area contributed by atoms with Crippen molar-refractivity contribution in [2.45, 2.75) is 79.0 Å². The second-order valence-electron chi connectivity index (χ2n) is 7.03. The monoisotopic (exact) mass is 298 g/mol. The zero-order valence-corrected chi connectivity index (χ0v) is 15.1.